The molecular weight excluding hydrogens is 260 g/mol. The Kier molecular flexibility index (Phi) is 5.61. The Hall–Kier alpha value is -2.03. The van der Waals surface area contributed by atoms with Crippen molar-refractivity contribution in [3.05, 3.63) is 54.2 Å². The fourth-order valence-corrected chi connectivity index (χ4v) is 2.18. The van der Waals surface area contributed by atoms with Crippen LogP contribution in [0.25, 0.3) is 0 Å². The standard InChI is InChI=1S/C18H24N2O/c1-14(2)21-18-17(10-7-13-19-18)20-15(3)11-12-16-8-5-4-6-9-16/h4-10,13-15,20H,11-12H2,1-3H3. The summed E-state index contributed by atoms with van der Waals surface area (Å²) in [5.41, 5.74) is 2.34. The minimum absolute atomic E-state index is 0.125. The maximum absolute atomic E-state index is 5.74. The number of pyridine rings is 1. The van der Waals surface area contributed by atoms with Gasteiger partial charge in [-0.3, -0.25) is 0 Å². The molecule has 1 heterocycles. The molecule has 0 fully saturated rings. The highest BCUT2D eigenvalue weighted by atomic mass is 16.5. The van der Waals surface area contributed by atoms with Crippen molar-refractivity contribution < 1.29 is 4.74 Å². The average Bonchev–Trinajstić information content (AvgIpc) is 2.48. The monoisotopic (exact) mass is 284 g/mol. The predicted molar refractivity (Wildman–Crippen MR) is 87.8 cm³/mol. The van der Waals surface area contributed by atoms with Gasteiger partial charge >= 0.3 is 0 Å². The molecule has 0 aliphatic carbocycles. The number of aryl methyl sites for hydroxylation is 1. The second-order valence-electron chi connectivity index (χ2n) is 5.59. The number of hydrogen-bond donors (Lipinski definition) is 1. The fraction of sp³-hybridized carbons (Fsp3) is 0.389. The van der Waals surface area contributed by atoms with Gasteiger partial charge in [-0.2, -0.15) is 0 Å². The van der Waals surface area contributed by atoms with Gasteiger partial charge in [0, 0.05) is 12.2 Å². The van der Waals surface area contributed by atoms with Crippen LogP contribution < -0.4 is 10.1 Å². The molecular formula is C18H24N2O. The lowest BCUT2D eigenvalue weighted by atomic mass is 10.1. The molecule has 0 saturated heterocycles. The zero-order chi connectivity index (χ0) is 15.1. The van der Waals surface area contributed by atoms with Crippen molar-refractivity contribution in [2.24, 2.45) is 0 Å². The lowest BCUT2D eigenvalue weighted by Gasteiger charge is -2.18. The summed E-state index contributed by atoms with van der Waals surface area (Å²) in [5.74, 6) is 0.680. The first-order chi connectivity index (χ1) is 10.1. The predicted octanol–water partition coefficient (Wildman–Crippen LogP) is 4.30. The van der Waals surface area contributed by atoms with E-state index in [0.29, 0.717) is 11.9 Å². The minimum Gasteiger partial charge on any atom is -0.473 e. The summed E-state index contributed by atoms with van der Waals surface area (Å²) in [7, 11) is 0. The Bertz CT molecular complexity index is 540. The summed E-state index contributed by atoms with van der Waals surface area (Å²) in [6.45, 7) is 6.21. The second kappa shape index (κ2) is 7.67. The van der Waals surface area contributed by atoms with E-state index in [1.165, 1.54) is 5.56 Å². The van der Waals surface area contributed by atoms with E-state index in [1.807, 2.05) is 26.0 Å². The molecule has 0 spiro atoms. The number of ether oxygens (including phenoxy) is 1. The van der Waals surface area contributed by atoms with Gasteiger partial charge in [0.05, 0.1) is 11.8 Å². The molecule has 2 aromatic rings. The summed E-state index contributed by atoms with van der Waals surface area (Å²) in [6.07, 6.45) is 4.02. The van der Waals surface area contributed by atoms with Gasteiger partial charge < -0.3 is 10.1 Å². The van der Waals surface area contributed by atoms with Gasteiger partial charge in [0.15, 0.2) is 0 Å². The molecule has 0 bridgehead atoms. The number of nitrogens with one attached hydrogen (secondary N) is 1. The highest BCUT2D eigenvalue weighted by Crippen LogP contribution is 2.23. The van der Waals surface area contributed by atoms with Crippen LogP contribution in [-0.2, 0) is 6.42 Å². The highest BCUT2D eigenvalue weighted by Gasteiger charge is 2.09. The number of nitrogens with zero attached hydrogens (tertiary/aromatic N) is 1. The number of benzene rings is 1. The smallest absolute Gasteiger partial charge is 0.237 e. The van der Waals surface area contributed by atoms with Crippen LogP contribution in [0.2, 0.25) is 0 Å². The van der Waals surface area contributed by atoms with Crippen molar-refractivity contribution in [2.45, 2.75) is 45.8 Å². The van der Waals surface area contributed by atoms with Gasteiger partial charge in [-0.25, -0.2) is 4.98 Å². The molecule has 1 atom stereocenters. The maximum atomic E-state index is 5.74. The van der Waals surface area contributed by atoms with Crippen LogP contribution in [0.3, 0.4) is 0 Å². The summed E-state index contributed by atoms with van der Waals surface area (Å²) < 4.78 is 5.74. The third-order valence-electron chi connectivity index (χ3n) is 3.23. The minimum atomic E-state index is 0.125. The topological polar surface area (TPSA) is 34.2 Å². The molecule has 0 saturated carbocycles. The summed E-state index contributed by atoms with van der Waals surface area (Å²) in [5, 5.41) is 3.50. The Morgan fingerprint density at radius 2 is 1.81 bits per heavy atom. The van der Waals surface area contributed by atoms with E-state index in [1.54, 1.807) is 6.20 Å². The van der Waals surface area contributed by atoms with E-state index in [9.17, 15) is 0 Å². The Morgan fingerprint density at radius 3 is 2.52 bits per heavy atom. The van der Waals surface area contributed by atoms with Gasteiger partial charge in [-0.05, 0) is 51.3 Å². The molecule has 0 radical (unpaired) electrons. The van der Waals surface area contributed by atoms with E-state index in [-0.39, 0.29) is 6.10 Å². The quantitative estimate of drug-likeness (QED) is 0.823. The molecule has 1 unspecified atom stereocenters. The molecule has 0 amide bonds. The maximum Gasteiger partial charge on any atom is 0.237 e. The average molecular weight is 284 g/mol. The summed E-state index contributed by atoms with van der Waals surface area (Å²) in [6, 6.07) is 14.9. The normalized spacial score (nSPS) is 12.2. The first-order valence-electron chi connectivity index (χ1n) is 7.57. The van der Waals surface area contributed by atoms with Gasteiger partial charge in [-0.15, -0.1) is 0 Å². The first kappa shape index (κ1) is 15.4. The van der Waals surface area contributed by atoms with E-state index in [2.05, 4.69) is 47.6 Å². The molecule has 1 N–H and O–H groups in total. The van der Waals surface area contributed by atoms with Crippen LogP contribution in [0.1, 0.15) is 32.8 Å². The Labute approximate surface area is 127 Å². The first-order valence-corrected chi connectivity index (χ1v) is 7.57. The molecule has 21 heavy (non-hydrogen) atoms. The molecule has 3 heteroatoms. The van der Waals surface area contributed by atoms with Crippen LogP contribution in [0.15, 0.2) is 48.7 Å². The van der Waals surface area contributed by atoms with E-state index in [4.69, 9.17) is 4.74 Å². The SMILES string of the molecule is CC(CCc1ccccc1)Nc1cccnc1OC(C)C. The molecule has 0 aliphatic rings. The van der Waals surface area contributed by atoms with Crippen molar-refractivity contribution in [1.82, 2.24) is 4.98 Å². The van der Waals surface area contributed by atoms with Crippen molar-refractivity contribution in [2.75, 3.05) is 5.32 Å². The third kappa shape index (κ3) is 5.10. The summed E-state index contributed by atoms with van der Waals surface area (Å²) >= 11 is 0. The Balaban J connectivity index is 1.92. The third-order valence-corrected chi connectivity index (χ3v) is 3.23. The van der Waals surface area contributed by atoms with Gasteiger partial charge in [0.25, 0.3) is 0 Å². The van der Waals surface area contributed by atoms with Gasteiger partial charge in [0.2, 0.25) is 5.88 Å². The lowest BCUT2D eigenvalue weighted by Crippen LogP contribution is -2.18. The zero-order valence-electron chi connectivity index (χ0n) is 13.0. The Morgan fingerprint density at radius 1 is 1.05 bits per heavy atom. The van der Waals surface area contributed by atoms with E-state index >= 15 is 0 Å². The van der Waals surface area contributed by atoms with Gasteiger partial charge in [-0.1, -0.05) is 30.3 Å². The van der Waals surface area contributed by atoms with Crippen molar-refractivity contribution in [3.63, 3.8) is 0 Å². The molecule has 3 nitrogen and oxygen atoms in total. The van der Waals surface area contributed by atoms with Crippen LogP contribution in [-0.4, -0.2) is 17.1 Å². The molecule has 2 rings (SSSR count). The molecule has 1 aromatic heterocycles. The van der Waals surface area contributed by atoms with E-state index in [0.717, 1.165) is 18.5 Å². The molecule has 1 aromatic carbocycles. The van der Waals surface area contributed by atoms with Crippen LogP contribution in [0.5, 0.6) is 5.88 Å². The number of anilines is 1. The van der Waals surface area contributed by atoms with Crippen molar-refractivity contribution in [3.8, 4) is 5.88 Å². The number of rotatable bonds is 7. The highest BCUT2D eigenvalue weighted by molar-refractivity contribution is 5.52. The van der Waals surface area contributed by atoms with Crippen molar-refractivity contribution in [1.29, 1.82) is 0 Å². The van der Waals surface area contributed by atoms with Gasteiger partial charge in [0.1, 0.15) is 0 Å². The lowest BCUT2D eigenvalue weighted by molar-refractivity contribution is 0.234. The second-order valence-corrected chi connectivity index (χ2v) is 5.59. The largest absolute Gasteiger partial charge is 0.473 e. The van der Waals surface area contributed by atoms with Crippen LogP contribution >= 0.6 is 0 Å². The zero-order valence-corrected chi connectivity index (χ0v) is 13.0. The number of hydrogen-bond acceptors (Lipinski definition) is 3. The fourth-order valence-electron chi connectivity index (χ4n) is 2.18. The van der Waals surface area contributed by atoms with Crippen molar-refractivity contribution >= 4 is 5.69 Å². The number of aromatic nitrogens is 1. The summed E-state index contributed by atoms with van der Waals surface area (Å²) in [4.78, 5) is 4.31. The van der Waals surface area contributed by atoms with Crippen LogP contribution in [0, 0.1) is 0 Å². The van der Waals surface area contributed by atoms with E-state index < -0.39 is 0 Å². The molecule has 112 valence electrons. The van der Waals surface area contributed by atoms with Crippen LogP contribution in [0.4, 0.5) is 5.69 Å². The molecule has 0 aliphatic heterocycles.